The van der Waals surface area contributed by atoms with Gasteiger partial charge in [0.2, 0.25) is 0 Å². The second-order valence-corrected chi connectivity index (χ2v) is 5.69. The van der Waals surface area contributed by atoms with Gasteiger partial charge in [0.1, 0.15) is 5.82 Å². The van der Waals surface area contributed by atoms with E-state index in [1.165, 1.54) is 0 Å². The van der Waals surface area contributed by atoms with E-state index in [0.717, 1.165) is 19.4 Å². The molecule has 1 heterocycles. The summed E-state index contributed by atoms with van der Waals surface area (Å²) >= 11 is 11.6. The Balaban J connectivity index is 2.49. The fourth-order valence-corrected chi connectivity index (χ4v) is 2.27. The van der Waals surface area contributed by atoms with Crippen LogP contribution in [0, 0.1) is 3.57 Å². The number of hydrogen-bond acceptors (Lipinski definition) is 3. The lowest BCUT2D eigenvalue weighted by Crippen LogP contribution is -1.99. The maximum absolute atomic E-state index is 6.05. The SMILES string of the molecule is CNc1nc(-c2ccc(Br)c(Cl)c2)ncc1I. The number of anilines is 1. The van der Waals surface area contributed by atoms with E-state index < -0.39 is 0 Å². The number of aromatic nitrogens is 2. The molecule has 1 N–H and O–H groups in total. The molecule has 0 aliphatic carbocycles. The van der Waals surface area contributed by atoms with Crippen molar-refractivity contribution in [1.82, 2.24) is 9.97 Å². The highest BCUT2D eigenvalue weighted by Gasteiger charge is 2.07. The van der Waals surface area contributed by atoms with Gasteiger partial charge in [0.15, 0.2) is 5.82 Å². The van der Waals surface area contributed by atoms with E-state index in [-0.39, 0.29) is 0 Å². The Labute approximate surface area is 126 Å². The highest BCUT2D eigenvalue weighted by atomic mass is 127. The first-order valence-corrected chi connectivity index (χ1v) is 7.02. The van der Waals surface area contributed by atoms with E-state index in [1.54, 1.807) is 6.20 Å². The molecule has 6 heteroatoms. The number of nitrogens with zero attached hydrogens (tertiary/aromatic N) is 2. The van der Waals surface area contributed by atoms with Gasteiger partial charge in [-0.2, -0.15) is 0 Å². The standard InChI is InChI=1S/C11H8BrClIN3/c1-15-11-9(14)5-16-10(17-11)6-2-3-7(12)8(13)4-6/h2-5H,1H3,(H,15,16,17). The van der Waals surface area contributed by atoms with Gasteiger partial charge in [-0.1, -0.05) is 11.6 Å². The molecule has 17 heavy (non-hydrogen) atoms. The predicted octanol–water partition coefficient (Wildman–Crippen LogP) is 4.21. The molecule has 0 saturated carbocycles. The molecule has 0 fully saturated rings. The van der Waals surface area contributed by atoms with Crippen LogP contribution in [0.3, 0.4) is 0 Å². The number of hydrogen-bond donors (Lipinski definition) is 1. The third kappa shape index (κ3) is 2.89. The number of nitrogens with one attached hydrogen (secondary N) is 1. The van der Waals surface area contributed by atoms with Crippen LogP contribution in [0.15, 0.2) is 28.9 Å². The molecule has 0 saturated heterocycles. The Morgan fingerprint density at radius 3 is 2.82 bits per heavy atom. The van der Waals surface area contributed by atoms with Crippen LogP contribution in [0.1, 0.15) is 0 Å². The third-order valence-electron chi connectivity index (χ3n) is 2.16. The minimum atomic E-state index is 0.649. The van der Waals surface area contributed by atoms with Gasteiger partial charge in [-0.3, -0.25) is 0 Å². The van der Waals surface area contributed by atoms with Crippen LogP contribution in [-0.2, 0) is 0 Å². The maximum Gasteiger partial charge on any atom is 0.161 e. The summed E-state index contributed by atoms with van der Waals surface area (Å²) in [6.07, 6.45) is 1.78. The van der Waals surface area contributed by atoms with E-state index >= 15 is 0 Å². The van der Waals surface area contributed by atoms with E-state index in [2.05, 4.69) is 53.8 Å². The zero-order chi connectivity index (χ0) is 12.4. The van der Waals surface area contributed by atoms with Crippen LogP contribution < -0.4 is 5.32 Å². The summed E-state index contributed by atoms with van der Waals surface area (Å²) in [4.78, 5) is 8.72. The fourth-order valence-electron chi connectivity index (χ4n) is 1.32. The minimum Gasteiger partial charge on any atom is -0.372 e. The molecule has 1 aromatic heterocycles. The van der Waals surface area contributed by atoms with Crippen LogP contribution in [-0.4, -0.2) is 17.0 Å². The number of halogens is 3. The molecule has 0 unspecified atom stereocenters. The Morgan fingerprint density at radius 2 is 2.18 bits per heavy atom. The van der Waals surface area contributed by atoms with Gasteiger partial charge >= 0.3 is 0 Å². The summed E-state index contributed by atoms with van der Waals surface area (Å²) < 4.78 is 1.85. The molecule has 2 aromatic rings. The molecule has 0 aliphatic heterocycles. The Kier molecular flexibility index (Phi) is 4.22. The Morgan fingerprint density at radius 1 is 1.41 bits per heavy atom. The second kappa shape index (κ2) is 5.49. The minimum absolute atomic E-state index is 0.649. The van der Waals surface area contributed by atoms with Crippen LogP contribution >= 0.6 is 50.1 Å². The van der Waals surface area contributed by atoms with Crippen molar-refractivity contribution in [3.05, 3.63) is 37.5 Å². The average molecular weight is 424 g/mol. The predicted molar refractivity (Wildman–Crippen MR) is 82.4 cm³/mol. The lowest BCUT2D eigenvalue weighted by Gasteiger charge is -2.06. The molecule has 0 amide bonds. The summed E-state index contributed by atoms with van der Waals surface area (Å²) in [5, 5.41) is 3.68. The molecular formula is C11H8BrClIN3. The largest absolute Gasteiger partial charge is 0.372 e. The third-order valence-corrected chi connectivity index (χ3v) is 4.18. The van der Waals surface area contributed by atoms with Crippen molar-refractivity contribution in [3.8, 4) is 11.4 Å². The normalized spacial score (nSPS) is 10.4. The van der Waals surface area contributed by atoms with Gasteiger partial charge in [0.05, 0.1) is 8.59 Å². The molecule has 0 spiro atoms. The topological polar surface area (TPSA) is 37.8 Å². The second-order valence-electron chi connectivity index (χ2n) is 3.27. The van der Waals surface area contributed by atoms with Crippen molar-refractivity contribution in [1.29, 1.82) is 0 Å². The molecule has 0 bridgehead atoms. The highest BCUT2D eigenvalue weighted by molar-refractivity contribution is 14.1. The van der Waals surface area contributed by atoms with Crippen LogP contribution in [0.2, 0.25) is 5.02 Å². The van der Waals surface area contributed by atoms with Gasteiger partial charge in [-0.15, -0.1) is 0 Å². The van der Waals surface area contributed by atoms with Crippen molar-refractivity contribution in [2.75, 3.05) is 12.4 Å². The van der Waals surface area contributed by atoms with Crippen LogP contribution in [0.25, 0.3) is 11.4 Å². The molecule has 1 aromatic carbocycles. The maximum atomic E-state index is 6.05. The van der Waals surface area contributed by atoms with E-state index in [1.807, 2.05) is 25.2 Å². The lowest BCUT2D eigenvalue weighted by molar-refractivity contribution is 1.15. The zero-order valence-corrected chi connectivity index (χ0v) is 13.3. The molecule has 88 valence electrons. The van der Waals surface area contributed by atoms with Gasteiger partial charge in [0, 0.05) is 23.3 Å². The lowest BCUT2D eigenvalue weighted by atomic mass is 10.2. The van der Waals surface area contributed by atoms with Crippen LogP contribution in [0.4, 0.5) is 5.82 Å². The van der Waals surface area contributed by atoms with Gasteiger partial charge in [0.25, 0.3) is 0 Å². The highest BCUT2D eigenvalue weighted by Crippen LogP contribution is 2.28. The average Bonchev–Trinajstić information content (AvgIpc) is 2.33. The molecule has 2 rings (SSSR count). The van der Waals surface area contributed by atoms with Crippen molar-refractivity contribution < 1.29 is 0 Å². The first-order valence-electron chi connectivity index (χ1n) is 4.77. The van der Waals surface area contributed by atoms with Gasteiger partial charge in [-0.05, 0) is 56.7 Å². The van der Waals surface area contributed by atoms with E-state index in [9.17, 15) is 0 Å². The molecule has 3 nitrogen and oxygen atoms in total. The van der Waals surface area contributed by atoms with Crippen molar-refractivity contribution in [2.45, 2.75) is 0 Å². The van der Waals surface area contributed by atoms with Crippen molar-refractivity contribution in [2.24, 2.45) is 0 Å². The number of rotatable bonds is 2. The summed E-state index contributed by atoms with van der Waals surface area (Å²) in [7, 11) is 1.84. The number of benzene rings is 1. The molecular weight excluding hydrogens is 416 g/mol. The zero-order valence-electron chi connectivity index (χ0n) is 8.84. The molecule has 0 aliphatic rings. The summed E-state index contributed by atoms with van der Waals surface area (Å²) in [6, 6.07) is 5.66. The smallest absolute Gasteiger partial charge is 0.161 e. The Bertz CT molecular complexity index is 562. The summed E-state index contributed by atoms with van der Waals surface area (Å²) in [6.45, 7) is 0. The molecule has 0 radical (unpaired) electrons. The summed E-state index contributed by atoms with van der Waals surface area (Å²) in [5.41, 5.74) is 0.895. The summed E-state index contributed by atoms with van der Waals surface area (Å²) in [5.74, 6) is 1.47. The van der Waals surface area contributed by atoms with Crippen LogP contribution in [0.5, 0.6) is 0 Å². The van der Waals surface area contributed by atoms with Crippen molar-refractivity contribution >= 4 is 55.9 Å². The fraction of sp³-hybridized carbons (Fsp3) is 0.0909. The van der Waals surface area contributed by atoms with E-state index in [4.69, 9.17) is 11.6 Å². The first-order chi connectivity index (χ1) is 8.11. The van der Waals surface area contributed by atoms with Gasteiger partial charge < -0.3 is 5.32 Å². The van der Waals surface area contributed by atoms with Crippen molar-refractivity contribution in [3.63, 3.8) is 0 Å². The molecule has 0 atom stereocenters. The van der Waals surface area contributed by atoms with E-state index in [0.29, 0.717) is 10.8 Å². The Hall–Kier alpha value is -0.400. The monoisotopic (exact) mass is 423 g/mol. The first kappa shape index (κ1) is 13.0. The quantitative estimate of drug-likeness (QED) is 0.735. The van der Waals surface area contributed by atoms with Gasteiger partial charge in [-0.25, -0.2) is 9.97 Å².